The van der Waals surface area contributed by atoms with Crippen molar-refractivity contribution in [1.82, 2.24) is 20.0 Å². The molecule has 0 radical (unpaired) electrons. The zero-order valence-corrected chi connectivity index (χ0v) is 17.0. The Morgan fingerprint density at radius 3 is 2.80 bits per heavy atom. The van der Waals surface area contributed by atoms with E-state index in [1.54, 1.807) is 30.5 Å². The van der Waals surface area contributed by atoms with Gasteiger partial charge in [-0.15, -0.1) is 16.4 Å². The molecule has 1 amide bonds. The molecule has 4 rings (SSSR count). The third-order valence-corrected chi connectivity index (χ3v) is 5.36. The number of hydrogen-bond donors (Lipinski definition) is 1. The summed E-state index contributed by atoms with van der Waals surface area (Å²) >= 11 is 7.45. The molecule has 0 fully saturated rings. The van der Waals surface area contributed by atoms with Gasteiger partial charge in [0.2, 0.25) is 0 Å². The molecule has 0 saturated carbocycles. The summed E-state index contributed by atoms with van der Waals surface area (Å²) in [6.07, 6.45) is 0. The van der Waals surface area contributed by atoms with E-state index in [-0.39, 0.29) is 11.4 Å². The summed E-state index contributed by atoms with van der Waals surface area (Å²) in [6, 6.07) is 13.2. The third kappa shape index (κ3) is 3.78. The molecule has 30 heavy (non-hydrogen) atoms. The first-order valence-electron chi connectivity index (χ1n) is 8.63. The number of benzene rings is 2. The van der Waals surface area contributed by atoms with Crippen LogP contribution in [0.15, 0.2) is 53.9 Å². The molecule has 0 aliphatic heterocycles. The van der Waals surface area contributed by atoms with Gasteiger partial charge in [0.15, 0.2) is 10.8 Å². The molecular formula is C19H13ClN6O3S. The maximum absolute atomic E-state index is 12.7. The standard InChI is InChI=1S/C19H13ClN6O3S/c1-11-17(23-24-25(11)12-5-4-6-13(9-12)26(28)29)18(27)22-19-21-16(10-30-19)14-7-2-3-8-15(14)20/h2-10H,1H3,(H,21,22,27). The van der Waals surface area contributed by atoms with Crippen LogP contribution >= 0.6 is 22.9 Å². The number of nitro benzene ring substituents is 1. The maximum Gasteiger partial charge on any atom is 0.279 e. The first-order chi connectivity index (χ1) is 14.4. The normalized spacial score (nSPS) is 10.7. The monoisotopic (exact) mass is 440 g/mol. The summed E-state index contributed by atoms with van der Waals surface area (Å²) in [6.45, 7) is 1.66. The van der Waals surface area contributed by atoms with Gasteiger partial charge in [0.05, 0.1) is 22.0 Å². The van der Waals surface area contributed by atoms with E-state index in [1.807, 2.05) is 18.2 Å². The van der Waals surface area contributed by atoms with Crippen molar-refractivity contribution in [1.29, 1.82) is 0 Å². The molecular weight excluding hydrogens is 428 g/mol. The largest absolute Gasteiger partial charge is 0.296 e. The second kappa shape index (κ2) is 8.01. The SMILES string of the molecule is Cc1c(C(=O)Nc2nc(-c3ccccc3Cl)cs2)nnn1-c1cccc([N+](=O)[O-])c1. The fraction of sp³-hybridized carbons (Fsp3) is 0.0526. The van der Waals surface area contributed by atoms with Crippen molar-refractivity contribution >= 4 is 39.7 Å². The molecule has 150 valence electrons. The highest BCUT2D eigenvalue weighted by atomic mass is 35.5. The van der Waals surface area contributed by atoms with Gasteiger partial charge < -0.3 is 0 Å². The van der Waals surface area contributed by atoms with Crippen molar-refractivity contribution in [2.24, 2.45) is 0 Å². The first kappa shape index (κ1) is 19.7. The lowest BCUT2D eigenvalue weighted by atomic mass is 10.2. The van der Waals surface area contributed by atoms with E-state index in [0.717, 1.165) is 5.56 Å². The molecule has 0 spiro atoms. The fourth-order valence-corrected chi connectivity index (χ4v) is 3.74. The number of rotatable bonds is 5. The van der Waals surface area contributed by atoms with Gasteiger partial charge >= 0.3 is 0 Å². The van der Waals surface area contributed by atoms with E-state index in [0.29, 0.717) is 27.2 Å². The Bertz CT molecular complexity index is 1270. The summed E-state index contributed by atoms with van der Waals surface area (Å²) in [5, 5.41) is 24.3. The number of amides is 1. The number of non-ortho nitro benzene ring substituents is 1. The van der Waals surface area contributed by atoms with Gasteiger partial charge in [0.25, 0.3) is 11.6 Å². The molecule has 0 unspecified atom stereocenters. The average molecular weight is 441 g/mol. The van der Waals surface area contributed by atoms with Crippen LogP contribution in [0.3, 0.4) is 0 Å². The second-order valence-electron chi connectivity index (χ2n) is 6.18. The van der Waals surface area contributed by atoms with Crippen molar-refractivity contribution in [3.63, 3.8) is 0 Å². The highest BCUT2D eigenvalue weighted by Gasteiger charge is 2.20. The van der Waals surface area contributed by atoms with Crippen LogP contribution in [0.5, 0.6) is 0 Å². The zero-order chi connectivity index (χ0) is 21.3. The number of nitrogens with zero attached hydrogens (tertiary/aromatic N) is 5. The smallest absolute Gasteiger partial charge is 0.279 e. The number of hydrogen-bond acceptors (Lipinski definition) is 7. The predicted octanol–water partition coefficient (Wildman–Crippen LogP) is 4.51. The number of thiazole rings is 1. The average Bonchev–Trinajstić information content (AvgIpc) is 3.35. The minimum absolute atomic E-state index is 0.0803. The summed E-state index contributed by atoms with van der Waals surface area (Å²) < 4.78 is 1.37. The molecule has 0 atom stereocenters. The van der Waals surface area contributed by atoms with Crippen molar-refractivity contribution in [3.05, 3.63) is 80.4 Å². The number of aromatic nitrogens is 4. The van der Waals surface area contributed by atoms with Crippen LogP contribution in [0.4, 0.5) is 10.8 Å². The van der Waals surface area contributed by atoms with E-state index in [4.69, 9.17) is 11.6 Å². The van der Waals surface area contributed by atoms with E-state index in [1.165, 1.54) is 28.2 Å². The van der Waals surface area contributed by atoms with Crippen molar-refractivity contribution in [3.8, 4) is 16.9 Å². The Labute approximate surface area is 179 Å². The first-order valence-corrected chi connectivity index (χ1v) is 9.88. The fourth-order valence-electron chi connectivity index (χ4n) is 2.80. The van der Waals surface area contributed by atoms with Crippen LogP contribution in [0, 0.1) is 17.0 Å². The van der Waals surface area contributed by atoms with E-state index < -0.39 is 10.8 Å². The molecule has 9 nitrogen and oxygen atoms in total. The lowest BCUT2D eigenvalue weighted by molar-refractivity contribution is -0.384. The molecule has 0 aliphatic carbocycles. The minimum atomic E-state index is -0.498. The van der Waals surface area contributed by atoms with E-state index in [9.17, 15) is 14.9 Å². The summed E-state index contributed by atoms with van der Waals surface area (Å²) in [5.41, 5.74) is 2.31. The van der Waals surface area contributed by atoms with Crippen LogP contribution < -0.4 is 5.32 Å². The van der Waals surface area contributed by atoms with Crippen LogP contribution in [0.25, 0.3) is 16.9 Å². The second-order valence-corrected chi connectivity index (χ2v) is 7.45. The Kier molecular flexibility index (Phi) is 5.25. The molecule has 0 bridgehead atoms. The van der Waals surface area contributed by atoms with Crippen molar-refractivity contribution < 1.29 is 9.72 Å². The van der Waals surface area contributed by atoms with Crippen LogP contribution in [-0.4, -0.2) is 30.8 Å². The summed E-state index contributed by atoms with van der Waals surface area (Å²) in [7, 11) is 0. The van der Waals surface area contributed by atoms with Gasteiger partial charge in [-0.2, -0.15) is 0 Å². The van der Waals surface area contributed by atoms with E-state index in [2.05, 4.69) is 20.6 Å². The van der Waals surface area contributed by atoms with Crippen LogP contribution in [0.1, 0.15) is 16.2 Å². The van der Waals surface area contributed by atoms with E-state index >= 15 is 0 Å². The molecule has 2 aromatic carbocycles. The quantitative estimate of drug-likeness (QED) is 0.360. The molecule has 11 heteroatoms. The Hall–Kier alpha value is -3.63. The van der Waals surface area contributed by atoms with Gasteiger partial charge in [-0.25, -0.2) is 9.67 Å². The third-order valence-electron chi connectivity index (χ3n) is 4.27. The number of halogens is 1. The highest BCUT2D eigenvalue weighted by molar-refractivity contribution is 7.14. The summed E-state index contributed by atoms with van der Waals surface area (Å²) in [4.78, 5) is 27.6. The van der Waals surface area contributed by atoms with Crippen LogP contribution in [-0.2, 0) is 0 Å². The van der Waals surface area contributed by atoms with Gasteiger partial charge in [-0.05, 0) is 19.1 Å². The molecule has 0 saturated heterocycles. The molecule has 2 heterocycles. The topological polar surface area (TPSA) is 116 Å². The molecule has 1 N–H and O–H groups in total. The zero-order valence-electron chi connectivity index (χ0n) is 15.4. The van der Waals surface area contributed by atoms with Gasteiger partial charge in [0, 0.05) is 28.1 Å². The molecule has 0 aliphatic rings. The Balaban J connectivity index is 1.56. The van der Waals surface area contributed by atoms with Crippen molar-refractivity contribution in [2.75, 3.05) is 5.32 Å². The number of carbonyl (C=O) groups excluding carboxylic acids is 1. The highest BCUT2D eigenvalue weighted by Crippen LogP contribution is 2.30. The Morgan fingerprint density at radius 1 is 1.23 bits per heavy atom. The predicted molar refractivity (Wildman–Crippen MR) is 113 cm³/mol. The number of carbonyl (C=O) groups is 1. The number of nitro groups is 1. The summed E-state index contributed by atoms with van der Waals surface area (Å²) in [5.74, 6) is -0.482. The van der Waals surface area contributed by atoms with Gasteiger partial charge in [-0.1, -0.05) is 41.1 Å². The lowest BCUT2D eigenvalue weighted by Gasteiger charge is -2.04. The lowest BCUT2D eigenvalue weighted by Crippen LogP contribution is -2.14. The van der Waals surface area contributed by atoms with Crippen LogP contribution in [0.2, 0.25) is 5.02 Å². The maximum atomic E-state index is 12.7. The van der Waals surface area contributed by atoms with Gasteiger partial charge in [-0.3, -0.25) is 20.2 Å². The number of nitrogens with one attached hydrogen (secondary N) is 1. The van der Waals surface area contributed by atoms with Crippen molar-refractivity contribution in [2.45, 2.75) is 6.92 Å². The Morgan fingerprint density at radius 2 is 2.03 bits per heavy atom. The minimum Gasteiger partial charge on any atom is -0.296 e. The molecule has 4 aromatic rings. The van der Waals surface area contributed by atoms with Gasteiger partial charge in [0.1, 0.15) is 0 Å². The number of anilines is 1. The molecule has 2 aromatic heterocycles.